The number of aromatic nitrogens is 1. The maximum atomic E-state index is 9.04. The van der Waals surface area contributed by atoms with Gasteiger partial charge in [-0.2, -0.15) is 6.21 Å². The van der Waals surface area contributed by atoms with Crippen molar-refractivity contribution in [3.8, 4) is 22.4 Å². The van der Waals surface area contributed by atoms with Crippen LogP contribution < -0.4 is 0 Å². The van der Waals surface area contributed by atoms with E-state index in [0.29, 0.717) is 16.8 Å². The van der Waals surface area contributed by atoms with Crippen molar-refractivity contribution in [2.45, 2.75) is 20.6 Å². The summed E-state index contributed by atoms with van der Waals surface area (Å²) in [7, 11) is 0. The molecule has 5 rings (SSSR count). The molecule has 0 spiro atoms. The minimum absolute atomic E-state index is 0. The fourth-order valence-electron chi connectivity index (χ4n) is 3.94. The third-order valence-corrected chi connectivity index (χ3v) is 5.94. The van der Waals surface area contributed by atoms with Gasteiger partial charge in [0.25, 0.3) is 0 Å². The summed E-state index contributed by atoms with van der Waals surface area (Å²) in [6.07, 6.45) is 6.13. The number of hydrogen-bond donors (Lipinski definition) is 0. The zero-order valence-electron chi connectivity index (χ0n) is 27.9. The number of allylic oxidation sites excluding steroid dienone is 4. The van der Waals surface area contributed by atoms with Gasteiger partial charge in [0.1, 0.15) is 0 Å². The van der Waals surface area contributed by atoms with E-state index in [0.717, 1.165) is 34.1 Å². The number of nitrogens with zero attached hydrogens (tertiary/aromatic N) is 2. The van der Waals surface area contributed by atoms with Crippen molar-refractivity contribution in [3.63, 3.8) is 0 Å². The van der Waals surface area contributed by atoms with Crippen LogP contribution in [0.2, 0.25) is 0 Å². The Labute approximate surface area is 260 Å². The fraction of sp³-hybridized carbons (Fsp3) is 0.0811. The van der Waals surface area contributed by atoms with Crippen LogP contribution in [0, 0.1) is 25.8 Å². The van der Waals surface area contributed by atoms with E-state index in [1.165, 1.54) is 18.3 Å². The molecule has 0 N–H and O–H groups in total. The van der Waals surface area contributed by atoms with E-state index in [1.807, 2.05) is 97.9 Å². The van der Waals surface area contributed by atoms with Gasteiger partial charge < -0.3 is 10.4 Å². The molecule has 5 aromatic rings. The molecule has 40 heavy (non-hydrogen) atoms. The van der Waals surface area contributed by atoms with Gasteiger partial charge in [-0.25, -0.2) is 0 Å². The van der Waals surface area contributed by atoms with Crippen molar-refractivity contribution in [2.24, 2.45) is 0 Å². The molecule has 0 fully saturated rings. The van der Waals surface area contributed by atoms with Crippen LogP contribution in [0.3, 0.4) is 0 Å². The number of aryl methyl sites for hydroxylation is 2. The van der Waals surface area contributed by atoms with Crippen molar-refractivity contribution >= 4 is 17.4 Å². The maximum Gasteiger partial charge on any atom is 3.00 e. The summed E-state index contributed by atoms with van der Waals surface area (Å²) < 4.78 is 45.6. The molecule has 0 radical (unpaired) electrons. The summed E-state index contributed by atoms with van der Waals surface area (Å²) in [6.45, 7) is -2.44. The van der Waals surface area contributed by atoms with Gasteiger partial charge in [-0.3, -0.25) is 0 Å². The van der Waals surface area contributed by atoms with E-state index in [4.69, 9.17) is 13.6 Å². The molecule has 1 heterocycles. The predicted octanol–water partition coefficient (Wildman–Crippen LogP) is 9.44. The van der Waals surface area contributed by atoms with Crippen LogP contribution in [0.15, 0.2) is 128 Å². The Bertz CT molecular complexity index is 1760. The van der Waals surface area contributed by atoms with Crippen molar-refractivity contribution in [1.29, 1.82) is 0 Å². The first-order chi connectivity index (χ1) is 21.5. The number of benzene rings is 4. The van der Waals surface area contributed by atoms with Crippen LogP contribution in [-0.4, -0.2) is 11.2 Å². The van der Waals surface area contributed by atoms with Crippen LogP contribution in [0.4, 0.5) is 0 Å². The molecular weight excluding hydrogens is 665 g/mol. The number of rotatable bonds is 6. The van der Waals surface area contributed by atoms with Gasteiger partial charge in [0, 0.05) is 14.4 Å². The second-order valence-corrected chi connectivity index (χ2v) is 8.71. The smallest absolute Gasteiger partial charge is 0.811 e. The van der Waals surface area contributed by atoms with E-state index >= 15 is 0 Å². The minimum Gasteiger partial charge on any atom is -0.811 e. The fourth-order valence-corrected chi connectivity index (χ4v) is 3.94. The van der Waals surface area contributed by atoms with E-state index in [1.54, 1.807) is 18.2 Å². The average molecular weight is 702 g/mol. The Morgan fingerprint density at radius 2 is 1.62 bits per heavy atom. The van der Waals surface area contributed by atoms with Crippen LogP contribution in [0.5, 0.6) is 0 Å². The summed E-state index contributed by atoms with van der Waals surface area (Å²) >= 11 is 0. The van der Waals surface area contributed by atoms with E-state index in [-0.39, 0.29) is 31.2 Å². The van der Waals surface area contributed by atoms with Crippen molar-refractivity contribution < 1.29 is 28.3 Å². The Balaban J connectivity index is 0.000000257. The van der Waals surface area contributed by atoms with E-state index < -0.39 is 13.7 Å². The third-order valence-electron chi connectivity index (χ3n) is 5.94. The molecule has 0 atom stereocenters. The molecule has 1 aromatic heterocycles. The Hall–Kier alpha value is -4.17. The molecule has 198 valence electrons. The van der Waals surface area contributed by atoms with Crippen LogP contribution in [-0.2, 0) is 20.1 Å². The third kappa shape index (κ3) is 8.41. The van der Waals surface area contributed by atoms with Crippen molar-refractivity contribution in [1.82, 2.24) is 4.98 Å². The molecule has 0 unspecified atom stereocenters. The second kappa shape index (κ2) is 15.4. The second-order valence-electron chi connectivity index (χ2n) is 8.71. The van der Waals surface area contributed by atoms with E-state index in [9.17, 15) is 0 Å². The van der Waals surface area contributed by atoms with Gasteiger partial charge >= 0.3 is 20.1 Å². The maximum absolute atomic E-state index is 9.04. The SMILES string of the molecule is C/C(=C\C(=C/C=[N-])c1ccccc1)c1[c-]cccc1.[2H]C([2H])([2H])c1ccc(-c2[c-]cc(C([2H])([2H])[2H])c(-c3ccccc3)c2)nc1.[Ir+3]. The summed E-state index contributed by atoms with van der Waals surface area (Å²) in [5.74, 6) is 0. The van der Waals surface area contributed by atoms with Crippen LogP contribution >= 0.6 is 0 Å². The molecule has 3 heteroatoms. The minimum atomic E-state index is -2.27. The van der Waals surface area contributed by atoms with E-state index in [2.05, 4.69) is 17.1 Å². The standard InChI is InChI=1S/C19H16N.C18H15N.Ir/c1-14-8-11-19(20-13-14)17-10-9-15(2)18(12-17)16-6-4-3-5-7-16;1-15(16-8-4-2-5-9-16)14-18(12-13-19)17-10-6-3-7-11-17;/h3-9,11-13H,1-2H3;2-8,10-14H,1H3;/q-1;-2;+3/b;15-14+,18-12+;/i1D3,2D3;;. The van der Waals surface area contributed by atoms with Gasteiger partial charge in [0.2, 0.25) is 0 Å². The van der Waals surface area contributed by atoms with Gasteiger partial charge in [0.15, 0.2) is 0 Å². The zero-order valence-corrected chi connectivity index (χ0v) is 24.3. The first-order valence-electron chi connectivity index (χ1n) is 15.4. The Kier molecular flexibility index (Phi) is 8.73. The van der Waals surface area contributed by atoms with Crippen molar-refractivity contribution in [2.75, 3.05) is 0 Å². The van der Waals surface area contributed by atoms with Gasteiger partial charge in [-0.1, -0.05) is 104 Å². The normalized spacial score (nSPS) is 13.9. The largest absolute Gasteiger partial charge is 3.00 e. The molecule has 0 saturated heterocycles. The molecule has 0 aliphatic rings. The number of pyridine rings is 1. The topological polar surface area (TPSA) is 35.2 Å². The number of hydrogen-bond acceptors (Lipinski definition) is 1. The average Bonchev–Trinajstić information content (AvgIpc) is 3.05. The summed E-state index contributed by atoms with van der Waals surface area (Å²) in [5.41, 5.74) is 7.09. The van der Waals surface area contributed by atoms with Gasteiger partial charge in [-0.15, -0.1) is 70.8 Å². The Morgan fingerprint density at radius 3 is 2.25 bits per heavy atom. The molecule has 0 aliphatic carbocycles. The first kappa shape index (κ1) is 22.6. The Morgan fingerprint density at radius 1 is 0.875 bits per heavy atom. The summed E-state index contributed by atoms with van der Waals surface area (Å²) in [4.78, 5) is 4.21. The van der Waals surface area contributed by atoms with Crippen LogP contribution in [0.1, 0.15) is 37.4 Å². The molecule has 0 saturated carbocycles. The van der Waals surface area contributed by atoms with Gasteiger partial charge in [-0.05, 0) is 34.8 Å². The summed E-state index contributed by atoms with van der Waals surface area (Å²) in [6, 6.07) is 39.6. The first-order valence-corrected chi connectivity index (χ1v) is 12.4. The molecule has 4 aromatic carbocycles. The molecular formula is C37H31IrN2. The predicted molar refractivity (Wildman–Crippen MR) is 166 cm³/mol. The molecule has 0 bridgehead atoms. The summed E-state index contributed by atoms with van der Waals surface area (Å²) in [5, 5.41) is 9.04. The molecule has 2 nitrogen and oxygen atoms in total. The van der Waals surface area contributed by atoms with Crippen LogP contribution in [0.25, 0.3) is 38.9 Å². The van der Waals surface area contributed by atoms with Gasteiger partial charge in [0.05, 0.1) is 0 Å². The zero-order chi connectivity index (χ0) is 32.5. The van der Waals surface area contributed by atoms with Crippen molar-refractivity contribution in [3.05, 3.63) is 167 Å². The quantitative estimate of drug-likeness (QED) is 0.0988. The molecule has 0 amide bonds. The molecule has 0 aliphatic heterocycles. The monoisotopic (exact) mass is 702 g/mol.